The number of nitrogens with zero attached hydrogens (tertiary/aromatic N) is 1. The van der Waals surface area contributed by atoms with Gasteiger partial charge in [-0.1, -0.05) is 6.92 Å². The van der Waals surface area contributed by atoms with E-state index in [1.54, 1.807) is 17.0 Å². The molecule has 0 atom stereocenters. The van der Waals surface area contributed by atoms with E-state index in [4.69, 9.17) is 4.74 Å². The van der Waals surface area contributed by atoms with Gasteiger partial charge in [-0.15, -0.1) is 0 Å². The normalized spacial score (nSPS) is 16.0. The van der Waals surface area contributed by atoms with Crippen LogP contribution in [0.4, 0.5) is 0 Å². The van der Waals surface area contributed by atoms with Crippen molar-refractivity contribution in [3.8, 4) is 0 Å². The quantitative estimate of drug-likeness (QED) is 0.874. The van der Waals surface area contributed by atoms with Crippen LogP contribution in [0.2, 0.25) is 0 Å². The Labute approximate surface area is 125 Å². The van der Waals surface area contributed by atoms with Crippen LogP contribution in [0.5, 0.6) is 0 Å². The van der Waals surface area contributed by atoms with Crippen molar-refractivity contribution in [1.29, 1.82) is 0 Å². The van der Waals surface area contributed by atoms with Crippen LogP contribution in [-0.4, -0.2) is 52.1 Å². The average Bonchev–Trinajstić information content (AvgIpc) is 2.53. The fourth-order valence-electron chi connectivity index (χ4n) is 2.05. The van der Waals surface area contributed by atoms with Crippen molar-refractivity contribution in [2.75, 3.05) is 32.8 Å². The predicted octanol–water partition coefficient (Wildman–Crippen LogP) is 0.847. The summed E-state index contributed by atoms with van der Waals surface area (Å²) in [6.07, 6.45) is 0.729. The monoisotopic (exact) mass is 312 g/mol. The number of amides is 1. The summed E-state index contributed by atoms with van der Waals surface area (Å²) in [6.45, 7) is 4.51. The van der Waals surface area contributed by atoms with E-state index in [1.807, 2.05) is 6.92 Å². The molecule has 21 heavy (non-hydrogen) atoms. The van der Waals surface area contributed by atoms with E-state index in [0.717, 1.165) is 6.42 Å². The summed E-state index contributed by atoms with van der Waals surface area (Å²) in [5.41, 5.74) is 0.492. The number of rotatable bonds is 5. The third kappa shape index (κ3) is 4.03. The highest BCUT2D eigenvalue weighted by Crippen LogP contribution is 2.13. The Morgan fingerprint density at radius 2 is 1.86 bits per heavy atom. The lowest BCUT2D eigenvalue weighted by molar-refractivity contribution is 0.0303. The summed E-state index contributed by atoms with van der Waals surface area (Å²) >= 11 is 0. The highest BCUT2D eigenvalue weighted by atomic mass is 32.2. The van der Waals surface area contributed by atoms with Crippen molar-refractivity contribution in [3.63, 3.8) is 0 Å². The molecule has 7 heteroatoms. The average molecular weight is 312 g/mol. The molecule has 0 spiro atoms. The summed E-state index contributed by atoms with van der Waals surface area (Å²) in [5, 5.41) is 0. The maximum atomic E-state index is 12.2. The highest BCUT2D eigenvalue weighted by Gasteiger charge is 2.19. The molecule has 2 rings (SSSR count). The molecule has 0 radical (unpaired) electrons. The molecule has 1 heterocycles. The van der Waals surface area contributed by atoms with E-state index in [-0.39, 0.29) is 10.8 Å². The van der Waals surface area contributed by atoms with Gasteiger partial charge in [0, 0.05) is 25.2 Å². The van der Waals surface area contributed by atoms with Crippen molar-refractivity contribution in [2.45, 2.75) is 18.2 Å². The third-order valence-corrected chi connectivity index (χ3v) is 4.73. The fraction of sp³-hybridized carbons (Fsp3) is 0.500. The molecule has 1 amide bonds. The number of ether oxygens (including phenoxy) is 1. The first kappa shape index (κ1) is 15.9. The smallest absolute Gasteiger partial charge is 0.254 e. The SMILES string of the molecule is CCCNS(=O)(=O)c1ccc(C(=O)N2CCOCC2)cc1. The molecule has 1 aromatic carbocycles. The lowest BCUT2D eigenvalue weighted by atomic mass is 10.2. The van der Waals surface area contributed by atoms with E-state index in [1.165, 1.54) is 12.1 Å². The van der Waals surface area contributed by atoms with Gasteiger partial charge in [0.15, 0.2) is 0 Å². The van der Waals surface area contributed by atoms with E-state index < -0.39 is 10.0 Å². The third-order valence-electron chi connectivity index (χ3n) is 3.25. The number of hydrogen-bond donors (Lipinski definition) is 1. The van der Waals surface area contributed by atoms with Crippen LogP contribution in [0, 0.1) is 0 Å². The molecule has 6 nitrogen and oxygen atoms in total. The van der Waals surface area contributed by atoms with Crippen molar-refractivity contribution in [1.82, 2.24) is 9.62 Å². The Hall–Kier alpha value is -1.44. The highest BCUT2D eigenvalue weighted by molar-refractivity contribution is 7.89. The molecule has 1 fully saturated rings. The topological polar surface area (TPSA) is 75.7 Å². The molecular formula is C14H20N2O4S. The molecule has 1 aliphatic rings. The van der Waals surface area contributed by atoms with Crippen molar-refractivity contribution in [3.05, 3.63) is 29.8 Å². The molecule has 0 aliphatic carbocycles. The molecule has 0 aromatic heterocycles. The Balaban J connectivity index is 2.09. The number of sulfonamides is 1. The van der Waals surface area contributed by atoms with Crippen LogP contribution in [0.3, 0.4) is 0 Å². The first-order valence-electron chi connectivity index (χ1n) is 7.01. The maximum absolute atomic E-state index is 12.2. The second-order valence-electron chi connectivity index (χ2n) is 4.83. The van der Waals surface area contributed by atoms with Crippen LogP contribution in [0.15, 0.2) is 29.2 Å². The Kier molecular flexibility index (Phi) is 5.33. The molecule has 0 bridgehead atoms. The summed E-state index contributed by atoms with van der Waals surface area (Å²) in [6, 6.07) is 6.04. The van der Waals surface area contributed by atoms with Crippen LogP contribution < -0.4 is 4.72 Å². The first-order chi connectivity index (χ1) is 10.0. The molecule has 0 unspecified atom stereocenters. The second kappa shape index (κ2) is 7.02. The summed E-state index contributed by atoms with van der Waals surface area (Å²) < 4.78 is 31.6. The van der Waals surface area contributed by atoms with Gasteiger partial charge >= 0.3 is 0 Å². The van der Waals surface area contributed by atoms with Gasteiger partial charge in [0.1, 0.15) is 0 Å². The Morgan fingerprint density at radius 3 is 2.43 bits per heavy atom. The van der Waals surface area contributed by atoms with Crippen LogP contribution in [0.1, 0.15) is 23.7 Å². The van der Waals surface area contributed by atoms with E-state index >= 15 is 0 Å². The summed E-state index contributed by atoms with van der Waals surface area (Å²) in [5.74, 6) is -0.0937. The number of hydrogen-bond acceptors (Lipinski definition) is 4. The minimum Gasteiger partial charge on any atom is -0.378 e. The van der Waals surface area contributed by atoms with Gasteiger partial charge in [0.25, 0.3) is 5.91 Å². The van der Waals surface area contributed by atoms with Gasteiger partial charge in [-0.2, -0.15) is 0 Å². The fourth-order valence-corrected chi connectivity index (χ4v) is 3.18. The Morgan fingerprint density at radius 1 is 1.24 bits per heavy atom. The van der Waals surface area contributed by atoms with Gasteiger partial charge in [-0.25, -0.2) is 13.1 Å². The summed E-state index contributed by atoms with van der Waals surface area (Å²) in [4.78, 5) is 14.1. The van der Waals surface area contributed by atoms with Crippen molar-refractivity contribution >= 4 is 15.9 Å². The van der Waals surface area contributed by atoms with Gasteiger partial charge in [0.2, 0.25) is 10.0 Å². The number of carbonyl (C=O) groups is 1. The van der Waals surface area contributed by atoms with E-state index in [0.29, 0.717) is 38.4 Å². The van der Waals surface area contributed by atoms with Crippen LogP contribution in [-0.2, 0) is 14.8 Å². The number of morpholine rings is 1. The van der Waals surface area contributed by atoms with E-state index in [2.05, 4.69) is 4.72 Å². The molecule has 116 valence electrons. The predicted molar refractivity (Wildman–Crippen MR) is 78.6 cm³/mol. The molecule has 1 aromatic rings. The number of nitrogens with one attached hydrogen (secondary N) is 1. The second-order valence-corrected chi connectivity index (χ2v) is 6.59. The minimum atomic E-state index is -3.48. The van der Waals surface area contributed by atoms with E-state index in [9.17, 15) is 13.2 Å². The largest absolute Gasteiger partial charge is 0.378 e. The van der Waals surface area contributed by atoms with Gasteiger partial charge in [0.05, 0.1) is 18.1 Å². The van der Waals surface area contributed by atoms with Gasteiger partial charge in [-0.05, 0) is 30.7 Å². The lowest BCUT2D eigenvalue weighted by Crippen LogP contribution is -2.40. The number of carbonyl (C=O) groups excluding carboxylic acids is 1. The molecule has 1 aliphatic heterocycles. The Bertz CT molecular complexity index is 577. The molecule has 0 saturated carbocycles. The zero-order valence-electron chi connectivity index (χ0n) is 12.0. The van der Waals surface area contributed by atoms with Crippen LogP contribution >= 0.6 is 0 Å². The zero-order valence-corrected chi connectivity index (χ0v) is 12.9. The summed E-state index contributed by atoms with van der Waals surface area (Å²) in [7, 11) is -3.48. The number of benzene rings is 1. The van der Waals surface area contributed by atoms with Crippen LogP contribution in [0.25, 0.3) is 0 Å². The first-order valence-corrected chi connectivity index (χ1v) is 8.49. The van der Waals surface area contributed by atoms with Crippen molar-refractivity contribution in [2.24, 2.45) is 0 Å². The maximum Gasteiger partial charge on any atom is 0.254 e. The zero-order chi connectivity index (χ0) is 15.3. The molecule has 1 saturated heterocycles. The molecule has 1 N–H and O–H groups in total. The lowest BCUT2D eigenvalue weighted by Gasteiger charge is -2.26. The van der Waals surface area contributed by atoms with Gasteiger partial charge < -0.3 is 9.64 Å². The minimum absolute atomic E-state index is 0.0937. The molecular weight excluding hydrogens is 292 g/mol. The van der Waals surface area contributed by atoms with Crippen molar-refractivity contribution < 1.29 is 17.9 Å². The standard InChI is InChI=1S/C14H20N2O4S/c1-2-7-15-21(18,19)13-5-3-12(4-6-13)14(17)16-8-10-20-11-9-16/h3-6,15H,2,7-11H2,1H3. The van der Waals surface area contributed by atoms with Gasteiger partial charge in [-0.3, -0.25) is 4.79 Å².